The van der Waals surface area contributed by atoms with Crippen LogP contribution in [-0.2, 0) is 0 Å². The molecule has 3 rings (SSSR count). The van der Waals surface area contributed by atoms with Crippen molar-refractivity contribution in [1.82, 2.24) is 4.98 Å². The molecule has 144 valence electrons. The Kier molecular flexibility index (Phi) is 7.00. The van der Waals surface area contributed by atoms with Crippen molar-refractivity contribution < 1.29 is 4.74 Å². The van der Waals surface area contributed by atoms with Crippen molar-refractivity contribution in [3.05, 3.63) is 41.4 Å². The predicted molar refractivity (Wildman–Crippen MR) is 116 cm³/mol. The smallest absolute Gasteiger partial charge is 0.119 e. The third-order valence-corrected chi connectivity index (χ3v) is 5.24. The minimum Gasteiger partial charge on any atom is -0.497 e. The Morgan fingerprint density at radius 2 is 1.89 bits per heavy atom. The van der Waals surface area contributed by atoms with Crippen molar-refractivity contribution in [2.24, 2.45) is 5.73 Å². The fourth-order valence-corrected chi connectivity index (χ4v) is 3.68. The van der Waals surface area contributed by atoms with Gasteiger partial charge in [0.15, 0.2) is 0 Å². The summed E-state index contributed by atoms with van der Waals surface area (Å²) in [4.78, 5) is 4.79. The number of alkyl halides is 1. The molecule has 3 N–H and O–H groups in total. The lowest BCUT2D eigenvalue weighted by atomic mass is 10.0. The average molecular weight is 406 g/mol. The maximum Gasteiger partial charge on any atom is 0.119 e. The van der Waals surface area contributed by atoms with E-state index in [4.69, 9.17) is 38.7 Å². The van der Waals surface area contributed by atoms with Crippen molar-refractivity contribution in [2.75, 3.05) is 24.9 Å². The zero-order valence-electron chi connectivity index (χ0n) is 15.5. The number of aromatic nitrogens is 1. The van der Waals surface area contributed by atoms with Crippen LogP contribution >= 0.6 is 23.2 Å². The summed E-state index contributed by atoms with van der Waals surface area (Å²) < 4.78 is 5.43. The first-order valence-electron chi connectivity index (χ1n) is 9.26. The van der Waals surface area contributed by atoms with Gasteiger partial charge in [0.25, 0.3) is 0 Å². The molecule has 0 saturated carbocycles. The Labute approximate surface area is 170 Å². The topological polar surface area (TPSA) is 60.2 Å². The standard InChI is InChI=1S/C21H25Cl2N3O/c1-27-16-7-9-19-18(13-16)21(17-8-6-14(23)12-20(17)26-19)25-15(4-2-10-22)5-3-11-24/h6-9,12-13,15H,2-5,10-11,24H2,1H3,(H,25,26). The quantitative estimate of drug-likeness (QED) is 0.359. The number of hydrogen-bond acceptors (Lipinski definition) is 4. The van der Waals surface area contributed by atoms with Crippen molar-refractivity contribution in [3.63, 3.8) is 0 Å². The number of rotatable bonds is 9. The van der Waals surface area contributed by atoms with E-state index in [0.717, 1.165) is 58.9 Å². The second kappa shape index (κ2) is 9.45. The summed E-state index contributed by atoms with van der Waals surface area (Å²) in [6.07, 6.45) is 3.92. The first-order valence-corrected chi connectivity index (χ1v) is 10.2. The minimum atomic E-state index is 0.294. The Hall–Kier alpha value is -1.75. The molecule has 0 radical (unpaired) electrons. The summed E-state index contributed by atoms with van der Waals surface area (Å²) in [6.45, 7) is 0.681. The van der Waals surface area contributed by atoms with Crippen LogP contribution in [0.25, 0.3) is 21.8 Å². The second-order valence-electron chi connectivity index (χ2n) is 6.63. The number of pyridine rings is 1. The van der Waals surface area contributed by atoms with Gasteiger partial charge < -0.3 is 15.8 Å². The molecule has 1 atom stereocenters. The molecule has 0 aliphatic carbocycles. The molecule has 3 aromatic rings. The molecule has 1 aromatic heterocycles. The molecule has 1 heterocycles. The van der Waals surface area contributed by atoms with E-state index in [-0.39, 0.29) is 0 Å². The van der Waals surface area contributed by atoms with E-state index in [9.17, 15) is 0 Å². The zero-order chi connectivity index (χ0) is 19.2. The van der Waals surface area contributed by atoms with Crippen molar-refractivity contribution in [3.8, 4) is 5.75 Å². The highest BCUT2D eigenvalue weighted by Gasteiger charge is 2.15. The van der Waals surface area contributed by atoms with E-state index in [2.05, 4.69) is 5.32 Å². The normalized spacial score (nSPS) is 12.4. The Morgan fingerprint density at radius 3 is 2.63 bits per heavy atom. The fourth-order valence-electron chi connectivity index (χ4n) is 3.36. The van der Waals surface area contributed by atoms with Crippen molar-refractivity contribution in [2.45, 2.75) is 31.7 Å². The molecule has 2 aromatic carbocycles. The number of benzene rings is 2. The fraction of sp³-hybridized carbons (Fsp3) is 0.381. The molecule has 0 amide bonds. The van der Waals surface area contributed by atoms with Crippen LogP contribution in [0.3, 0.4) is 0 Å². The first kappa shape index (κ1) is 20.0. The van der Waals surface area contributed by atoms with Gasteiger partial charge in [-0.2, -0.15) is 0 Å². The van der Waals surface area contributed by atoms with Gasteiger partial charge in [0.05, 0.1) is 23.8 Å². The molecule has 0 fully saturated rings. The van der Waals surface area contributed by atoms with Gasteiger partial charge in [-0.3, -0.25) is 0 Å². The third kappa shape index (κ3) is 4.75. The van der Waals surface area contributed by atoms with Crippen LogP contribution in [0.15, 0.2) is 36.4 Å². The van der Waals surface area contributed by atoms with Crippen LogP contribution in [0.2, 0.25) is 5.02 Å². The first-order chi connectivity index (χ1) is 13.2. The number of halogens is 2. The molecular formula is C21H25Cl2N3O. The minimum absolute atomic E-state index is 0.294. The molecule has 0 aliphatic rings. The number of fused-ring (bicyclic) bond motifs is 2. The van der Waals surface area contributed by atoms with Crippen LogP contribution in [0.5, 0.6) is 5.75 Å². The van der Waals surface area contributed by atoms with Gasteiger partial charge in [0.2, 0.25) is 0 Å². The second-order valence-corrected chi connectivity index (χ2v) is 7.45. The van der Waals surface area contributed by atoms with Crippen molar-refractivity contribution >= 4 is 50.7 Å². The van der Waals surface area contributed by atoms with Crippen LogP contribution < -0.4 is 15.8 Å². The summed E-state index contributed by atoms with van der Waals surface area (Å²) in [5.74, 6) is 1.46. The molecule has 4 nitrogen and oxygen atoms in total. The Balaban J connectivity index is 2.12. The highest BCUT2D eigenvalue weighted by Crippen LogP contribution is 2.35. The monoisotopic (exact) mass is 405 g/mol. The Morgan fingerprint density at radius 1 is 1.07 bits per heavy atom. The molecule has 0 aliphatic heterocycles. The van der Waals surface area contributed by atoms with Gasteiger partial charge in [0.1, 0.15) is 5.75 Å². The summed E-state index contributed by atoms with van der Waals surface area (Å²) in [6, 6.07) is 12.1. The third-order valence-electron chi connectivity index (χ3n) is 4.73. The molecule has 0 saturated heterocycles. The lowest BCUT2D eigenvalue weighted by Crippen LogP contribution is -2.21. The number of anilines is 1. The predicted octanol–water partition coefficient (Wildman–Crippen LogP) is 5.59. The summed E-state index contributed by atoms with van der Waals surface area (Å²) in [5.41, 5.74) is 8.58. The van der Waals surface area contributed by atoms with Crippen LogP contribution in [0.1, 0.15) is 25.7 Å². The van der Waals surface area contributed by atoms with Gasteiger partial charge >= 0.3 is 0 Å². The number of nitrogens with zero attached hydrogens (tertiary/aromatic N) is 1. The lowest BCUT2D eigenvalue weighted by Gasteiger charge is -2.22. The number of ether oxygens (including phenoxy) is 1. The van der Waals surface area contributed by atoms with Crippen LogP contribution in [0, 0.1) is 0 Å². The van der Waals surface area contributed by atoms with E-state index in [1.807, 2.05) is 36.4 Å². The van der Waals surface area contributed by atoms with Crippen molar-refractivity contribution in [1.29, 1.82) is 0 Å². The van der Waals surface area contributed by atoms with Crippen LogP contribution in [0.4, 0.5) is 5.69 Å². The molecule has 27 heavy (non-hydrogen) atoms. The summed E-state index contributed by atoms with van der Waals surface area (Å²) in [7, 11) is 1.67. The summed E-state index contributed by atoms with van der Waals surface area (Å²) >= 11 is 12.1. The highest BCUT2D eigenvalue weighted by molar-refractivity contribution is 6.31. The van der Waals surface area contributed by atoms with E-state index < -0.39 is 0 Å². The van der Waals surface area contributed by atoms with Gasteiger partial charge in [-0.1, -0.05) is 11.6 Å². The SMILES string of the molecule is COc1ccc2nc3cc(Cl)ccc3c(NC(CCCN)CCCCl)c2c1. The summed E-state index contributed by atoms with van der Waals surface area (Å²) in [5, 5.41) is 6.51. The van der Waals surface area contributed by atoms with Gasteiger partial charge in [-0.25, -0.2) is 4.98 Å². The van der Waals surface area contributed by atoms with E-state index in [1.54, 1.807) is 7.11 Å². The number of hydrogen-bond donors (Lipinski definition) is 2. The molecule has 0 bridgehead atoms. The van der Waals surface area contributed by atoms with E-state index in [0.29, 0.717) is 23.5 Å². The Bertz CT molecular complexity index is 909. The van der Waals surface area contributed by atoms with Gasteiger partial charge in [0, 0.05) is 27.7 Å². The maximum atomic E-state index is 6.20. The largest absolute Gasteiger partial charge is 0.497 e. The zero-order valence-corrected chi connectivity index (χ0v) is 17.0. The molecular weight excluding hydrogens is 381 g/mol. The molecule has 6 heteroatoms. The van der Waals surface area contributed by atoms with Gasteiger partial charge in [-0.15, -0.1) is 11.6 Å². The lowest BCUT2D eigenvalue weighted by molar-refractivity contribution is 0.415. The number of nitrogens with one attached hydrogen (secondary N) is 1. The number of methoxy groups -OCH3 is 1. The number of nitrogens with two attached hydrogens (primary N) is 1. The molecule has 1 unspecified atom stereocenters. The maximum absolute atomic E-state index is 6.20. The van der Waals surface area contributed by atoms with Gasteiger partial charge in [-0.05, 0) is 68.6 Å². The van der Waals surface area contributed by atoms with Crippen LogP contribution in [-0.4, -0.2) is 30.6 Å². The highest BCUT2D eigenvalue weighted by atomic mass is 35.5. The van der Waals surface area contributed by atoms with E-state index in [1.165, 1.54) is 0 Å². The average Bonchev–Trinajstić information content (AvgIpc) is 2.68. The van der Waals surface area contributed by atoms with E-state index >= 15 is 0 Å². The molecule has 0 spiro atoms.